The van der Waals surface area contributed by atoms with Crippen LogP contribution < -0.4 is 0 Å². The molecule has 134 valence electrons. The molecule has 0 spiro atoms. The molecular weight excluding hydrogens is 324 g/mol. The minimum absolute atomic E-state index is 0.555. The van der Waals surface area contributed by atoms with Crippen LogP contribution in [0.5, 0.6) is 0 Å². The predicted molar refractivity (Wildman–Crippen MR) is 98.6 cm³/mol. The monoisotopic (exact) mass is 352 g/mol. The summed E-state index contributed by atoms with van der Waals surface area (Å²) >= 11 is 1.73. The van der Waals surface area contributed by atoms with Gasteiger partial charge in [0.05, 0.1) is 6.61 Å². The van der Waals surface area contributed by atoms with Crippen molar-refractivity contribution in [1.82, 2.24) is 0 Å². The lowest BCUT2D eigenvalue weighted by atomic mass is 10.0. The van der Waals surface area contributed by atoms with E-state index in [1.165, 1.54) is 15.6 Å². The first kappa shape index (κ1) is 19.3. The number of benzene rings is 1. The molecule has 0 aliphatic heterocycles. The Balaban J connectivity index is 2.26. The van der Waals surface area contributed by atoms with Gasteiger partial charge < -0.3 is 18.9 Å². The molecule has 1 aromatic carbocycles. The Bertz CT molecular complexity index is 664. The van der Waals surface area contributed by atoms with Crippen molar-refractivity contribution in [3.05, 3.63) is 34.7 Å². The van der Waals surface area contributed by atoms with Crippen LogP contribution >= 0.6 is 11.3 Å². The molecule has 0 radical (unpaired) electrons. The summed E-state index contributed by atoms with van der Waals surface area (Å²) in [4.78, 5) is 0. The number of hydrogen-bond donors (Lipinski definition) is 0. The fourth-order valence-electron chi connectivity index (χ4n) is 2.65. The highest BCUT2D eigenvalue weighted by atomic mass is 32.1. The number of ether oxygens (including phenoxy) is 4. The zero-order chi connectivity index (χ0) is 17.8. The van der Waals surface area contributed by atoms with Crippen LogP contribution in [0.25, 0.3) is 10.1 Å². The van der Waals surface area contributed by atoms with Crippen molar-refractivity contribution in [2.75, 3.05) is 27.4 Å². The molecule has 1 atom stereocenters. The molecule has 0 aliphatic carbocycles. The lowest BCUT2D eigenvalue weighted by molar-refractivity contribution is -0.215. The van der Waals surface area contributed by atoms with E-state index in [4.69, 9.17) is 18.9 Å². The second-order valence-electron chi connectivity index (χ2n) is 6.23. The molecule has 2 aromatic rings. The van der Waals surface area contributed by atoms with Gasteiger partial charge in [-0.25, -0.2) is 0 Å². The zero-order valence-corrected chi connectivity index (χ0v) is 16.3. The maximum Gasteiger partial charge on any atom is 0.192 e. The Labute approximate surface area is 148 Å². The summed E-state index contributed by atoms with van der Waals surface area (Å²) in [5.41, 5.74) is 2.34. The van der Waals surface area contributed by atoms with Crippen LogP contribution in [-0.4, -0.2) is 33.2 Å². The van der Waals surface area contributed by atoms with E-state index in [9.17, 15) is 0 Å². The molecule has 0 N–H and O–H groups in total. The fraction of sp³-hybridized carbons (Fsp3) is 0.579. The SMILES string of the molecule is CCOC(C)(OC)c1cccc2c(CCOC(C)(C)OC)csc12. The van der Waals surface area contributed by atoms with Gasteiger partial charge in [-0.15, -0.1) is 11.3 Å². The summed E-state index contributed by atoms with van der Waals surface area (Å²) in [5.74, 6) is -1.29. The fourth-order valence-corrected chi connectivity index (χ4v) is 3.86. The summed E-state index contributed by atoms with van der Waals surface area (Å²) in [6.45, 7) is 9.00. The summed E-state index contributed by atoms with van der Waals surface area (Å²) in [5, 5.41) is 3.43. The molecule has 1 heterocycles. The second kappa shape index (κ2) is 7.93. The van der Waals surface area contributed by atoms with E-state index in [0.717, 1.165) is 12.0 Å². The van der Waals surface area contributed by atoms with Crippen LogP contribution in [0, 0.1) is 0 Å². The van der Waals surface area contributed by atoms with Crippen LogP contribution in [0.1, 0.15) is 38.8 Å². The highest BCUT2D eigenvalue weighted by Gasteiger charge is 2.29. The van der Waals surface area contributed by atoms with Crippen molar-refractivity contribution < 1.29 is 18.9 Å². The lowest BCUT2D eigenvalue weighted by Crippen LogP contribution is -2.28. The van der Waals surface area contributed by atoms with E-state index in [0.29, 0.717) is 13.2 Å². The van der Waals surface area contributed by atoms with Gasteiger partial charge in [0, 0.05) is 31.1 Å². The van der Waals surface area contributed by atoms with E-state index >= 15 is 0 Å². The van der Waals surface area contributed by atoms with Crippen molar-refractivity contribution in [1.29, 1.82) is 0 Å². The van der Waals surface area contributed by atoms with E-state index in [1.54, 1.807) is 25.6 Å². The molecule has 0 aliphatic rings. The van der Waals surface area contributed by atoms with Crippen LogP contribution in [0.3, 0.4) is 0 Å². The third-order valence-corrected chi connectivity index (χ3v) is 5.37. The van der Waals surface area contributed by atoms with Crippen LogP contribution in [0.15, 0.2) is 23.6 Å². The van der Waals surface area contributed by atoms with Crippen LogP contribution in [-0.2, 0) is 31.2 Å². The summed E-state index contributed by atoms with van der Waals surface area (Å²) in [7, 11) is 3.34. The van der Waals surface area contributed by atoms with Crippen molar-refractivity contribution in [2.24, 2.45) is 0 Å². The van der Waals surface area contributed by atoms with E-state index in [1.807, 2.05) is 27.7 Å². The summed E-state index contributed by atoms with van der Waals surface area (Å²) in [6.07, 6.45) is 0.842. The average Bonchev–Trinajstić information content (AvgIpc) is 2.98. The Morgan fingerprint density at radius 1 is 1.04 bits per heavy atom. The highest BCUT2D eigenvalue weighted by molar-refractivity contribution is 7.17. The van der Waals surface area contributed by atoms with Gasteiger partial charge in [-0.1, -0.05) is 18.2 Å². The quantitative estimate of drug-likeness (QED) is 0.613. The molecule has 0 amide bonds. The molecule has 2 rings (SSSR count). The molecule has 5 heteroatoms. The zero-order valence-electron chi connectivity index (χ0n) is 15.5. The molecule has 1 aromatic heterocycles. The Kier molecular flexibility index (Phi) is 6.39. The number of methoxy groups -OCH3 is 2. The minimum atomic E-state index is -0.731. The first-order valence-corrected chi connectivity index (χ1v) is 9.12. The van der Waals surface area contributed by atoms with E-state index < -0.39 is 11.6 Å². The molecule has 0 fully saturated rings. The number of fused-ring (bicyclic) bond motifs is 1. The van der Waals surface area contributed by atoms with Crippen LogP contribution in [0.4, 0.5) is 0 Å². The van der Waals surface area contributed by atoms with Gasteiger partial charge in [0.1, 0.15) is 0 Å². The number of hydrogen-bond acceptors (Lipinski definition) is 5. The first-order chi connectivity index (χ1) is 11.4. The number of rotatable bonds is 9. The third-order valence-electron chi connectivity index (χ3n) is 4.29. The smallest absolute Gasteiger partial charge is 0.192 e. The van der Waals surface area contributed by atoms with E-state index in [-0.39, 0.29) is 0 Å². The standard InChI is InChI=1S/C19H28O4S/c1-7-22-19(4,21-6)16-10-8-9-15-14(13-24-17(15)16)11-12-23-18(2,3)20-5/h8-10,13H,7,11-12H2,1-6H3. The van der Waals surface area contributed by atoms with Gasteiger partial charge >= 0.3 is 0 Å². The normalized spacial score (nSPS) is 14.9. The maximum atomic E-state index is 5.87. The third kappa shape index (κ3) is 4.16. The molecule has 24 heavy (non-hydrogen) atoms. The van der Waals surface area contributed by atoms with Crippen molar-refractivity contribution in [2.45, 2.75) is 45.7 Å². The maximum absolute atomic E-state index is 5.87. The van der Waals surface area contributed by atoms with Gasteiger partial charge in [-0.2, -0.15) is 0 Å². The van der Waals surface area contributed by atoms with Gasteiger partial charge in [-0.3, -0.25) is 0 Å². The first-order valence-electron chi connectivity index (χ1n) is 8.24. The van der Waals surface area contributed by atoms with Crippen molar-refractivity contribution >= 4 is 21.4 Å². The predicted octanol–water partition coefficient (Wildman–Crippen LogP) is 4.70. The molecular formula is C19H28O4S. The summed E-state index contributed by atoms with van der Waals surface area (Å²) in [6, 6.07) is 6.28. The molecule has 0 bridgehead atoms. The minimum Gasteiger partial charge on any atom is -0.354 e. The van der Waals surface area contributed by atoms with Gasteiger partial charge in [-0.05, 0) is 50.4 Å². The lowest BCUT2D eigenvalue weighted by Gasteiger charge is -2.28. The largest absolute Gasteiger partial charge is 0.354 e. The van der Waals surface area contributed by atoms with Crippen LogP contribution in [0.2, 0.25) is 0 Å². The summed E-state index contributed by atoms with van der Waals surface area (Å²) < 4.78 is 23.8. The van der Waals surface area contributed by atoms with Crippen molar-refractivity contribution in [3.63, 3.8) is 0 Å². The Morgan fingerprint density at radius 3 is 2.42 bits per heavy atom. The highest BCUT2D eigenvalue weighted by Crippen LogP contribution is 2.37. The number of thiophene rings is 1. The molecule has 4 nitrogen and oxygen atoms in total. The molecule has 0 saturated carbocycles. The van der Waals surface area contributed by atoms with Gasteiger partial charge in [0.2, 0.25) is 0 Å². The van der Waals surface area contributed by atoms with Crippen molar-refractivity contribution in [3.8, 4) is 0 Å². The Hall–Kier alpha value is -0.980. The molecule has 1 unspecified atom stereocenters. The average molecular weight is 352 g/mol. The van der Waals surface area contributed by atoms with Gasteiger partial charge in [0.15, 0.2) is 11.6 Å². The van der Waals surface area contributed by atoms with Gasteiger partial charge in [0.25, 0.3) is 0 Å². The second-order valence-corrected chi connectivity index (χ2v) is 7.11. The molecule has 0 saturated heterocycles. The topological polar surface area (TPSA) is 36.9 Å². The van der Waals surface area contributed by atoms with E-state index in [2.05, 4.69) is 23.6 Å². The Morgan fingerprint density at radius 2 is 1.79 bits per heavy atom.